The van der Waals surface area contributed by atoms with Gasteiger partial charge >= 0.3 is 6.03 Å². The van der Waals surface area contributed by atoms with Crippen LogP contribution in [0.4, 0.5) is 19.3 Å². The number of nitriles is 1. The number of amides is 2. The molecular formula is C15H18F2N4O. The Morgan fingerprint density at radius 3 is 2.86 bits per heavy atom. The predicted molar refractivity (Wildman–Crippen MR) is 78.4 cm³/mol. The third-order valence-electron chi connectivity index (χ3n) is 3.86. The van der Waals surface area contributed by atoms with Gasteiger partial charge in [0.1, 0.15) is 17.7 Å². The highest BCUT2D eigenvalue weighted by Gasteiger charge is 2.20. The van der Waals surface area contributed by atoms with Crippen molar-refractivity contribution in [3.63, 3.8) is 0 Å². The first kappa shape index (κ1) is 16.2. The van der Waals surface area contributed by atoms with Crippen LogP contribution in [0.1, 0.15) is 24.8 Å². The van der Waals surface area contributed by atoms with E-state index in [2.05, 4.69) is 15.5 Å². The van der Waals surface area contributed by atoms with E-state index in [-0.39, 0.29) is 5.69 Å². The minimum Gasteiger partial charge on any atom is -0.338 e. The Balaban J connectivity index is 1.84. The molecule has 0 spiro atoms. The number of halogens is 2. The lowest BCUT2D eigenvalue weighted by molar-refractivity contribution is 0.248. The second kappa shape index (κ2) is 7.18. The third-order valence-corrected chi connectivity index (χ3v) is 3.86. The summed E-state index contributed by atoms with van der Waals surface area (Å²) < 4.78 is 27.0. The Hall–Kier alpha value is -2.20. The van der Waals surface area contributed by atoms with Crippen molar-refractivity contribution in [2.45, 2.75) is 25.3 Å². The summed E-state index contributed by atoms with van der Waals surface area (Å²) in [5.74, 6) is -1.71. The van der Waals surface area contributed by atoms with Crippen molar-refractivity contribution >= 4 is 11.7 Å². The molecule has 0 bridgehead atoms. The van der Waals surface area contributed by atoms with E-state index >= 15 is 0 Å². The van der Waals surface area contributed by atoms with Gasteiger partial charge in [0.15, 0.2) is 0 Å². The summed E-state index contributed by atoms with van der Waals surface area (Å²) in [6.07, 6.45) is 3.08. The van der Waals surface area contributed by atoms with Crippen molar-refractivity contribution < 1.29 is 13.6 Å². The Morgan fingerprint density at radius 2 is 2.23 bits per heavy atom. The zero-order valence-electron chi connectivity index (χ0n) is 12.3. The smallest absolute Gasteiger partial charge is 0.319 e. The van der Waals surface area contributed by atoms with Gasteiger partial charge in [-0.1, -0.05) is 0 Å². The second-order valence-corrected chi connectivity index (χ2v) is 5.37. The van der Waals surface area contributed by atoms with Crippen molar-refractivity contribution in [1.82, 2.24) is 10.2 Å². The molecule has 1 atom stereocenters. The topological polar surface area (TPSA) is 68.2 Å². The highest BCUT2D eigenvalue weighted by Crippen LogP contribution is 2.19. The molecule has 1 saturated heterocycles. The van der Waals surface area contributed by atoms with Gasteiger partial charge < -0.3 is 15.5 Å². The van der Waals surface area contributed by atoms with E-state index in [4.69, 9.17) is 5.26 Å². The van der Waals surface area contributed by atoms with Crippen LogP contribution in [0.25, 0.3) is 0 Å². The molecule has 0 aromatic heterocycles. The molecule has 5 nitrogen and oxygen atoms in total. The Bertz CT molecular complexity index is 600. The summed E-state index contributed by atoms with van der Waals surface area (Å²) >= 11 is 0. The van der Waals surface area contributed by atoms with Crippen LogP contribution in [0.2, 0.25) is 0 Å². The van der Waals surface area contributed by atoms with Crippen LogP contribution in [0, 0.1) is 23.0 Å². The van der Waals surface area contributed by atoms with Crippen molar-refractivity contribution in [3.8, 4) is 6.07 Å². The molecule has 2 N–H and O–H groups in total. The maximum Gasteiger partial charge on any atom is 0.319 e. The molecule has 2 rings (SSSR count). The standard InChI is InChI=1S/C15H18F2N4O/c1-21-6-2-3-11(21)4-5-19-15(22)20-14-8-12(16)10(9-18)7-13(14)17/h7-8,11H,2-6H2,1H3,(H2,19,20,22)/t11-/m1/s1. The van der Waals surface area contributed by atoms with Gasteiger partial charge in [0, 0.05) is 18.7 Å². The van der Waals surface area contributed by atoms with Gasteiger partial charge in [0.05, 0.1) is 11.3 Å². The molecule has 22 heavy (non-hydrogen) atoms. The number of likely N-dealkylation sites (tertiary alicyclic amines) is 1. The second-order valence-electron chi connectivity index (χ2n) is 5.37. The first-order chi connectivity index (χ1) is 10.5. The van der Waals surface area contributed by atoms with Gasteiger partial charge in [-0.3, -0.25) is 0 Å². The van der Waals surface area contributed by atoms with Crippen molar-refractivity contribution in [3.05, 3.63) is 29.3 Å². The van der Waals surface area contributed by atoms with Gasteiger partial charge in [-0.25, -0.2) is 13.6 Å². The molecule has 1 aromatic carbocycles. The molecule has 1 aliphatic rings. The van der Waals surface area contributed by atoms with E-state index in [0.717, 1.165) is 37.9 Å². The maximum absolute atomic E-state index is 13.6. The average Bonchev–Trinajstić information content (AvgIpc) is 2.88. The van der Waals surface area contributed by atoms with Gasteiger partial charge in [0.25, 0.3) is 0 Å². The van der Waals surface area contributed by atoms with E-state index in [0.29, 0.717) is 12.6 Å². The summed E-state index contributed by atoms with van der Waals surface area (Å²) in [6.45, 7) is 1.52. The zero-order chi connectivity index (χ0) is 16.1. The molecule has 1 fully saturated rings. The molecule has 7 heteroatoms. The number of hydrogen-bond donors (Lipinski definition) is 2. The summed E-state index contributed by atoms with van der Waals surface area (Å²) in [7, 11) is 2.05. The number of hydrogen-bond acceptors (Lipinski definition) is 3. The molecule has 1 heterocycles. The van der Waals surface area contributed by atoms with E-state index in [1.165, 1.54) is 6.07 Å². The molecule has 0 unspecified atom stereocenters. The van der Waals surface area contributed by atoms with Gasteiger partial charge in [-0.2, -0.15) is 5.26 Å². The highest BCUT2D eigenvalue weighted by molar-refractivity contribution is 5.89. The third kappa shape index (κ3) is 3.92. The van der Waals surface area contributed by atoms with E-state index in [1.807, 2.05) is 7.05 Å². The van der Waals surface area contributed by atoms with Gasteiger partial charge in [-0.05, 0) is 38.9 Å². The molecule has 0 saturated carbocycles. The van der Waals surface area contributed by atoms with Crippen LogP contribution in [0.3, 0.4) is 0 Å². The summed E-state index contributed by atoms with van der Waals surface area (Å²) in [4.78, 5) is 13.9. The molecule has 0 radical (unpaired) electrons. The minimum atomic E-state index is -0.869. The van der Waals surface area contributed by atoms with E-state index in [9.17, 15) is 13.6 Å². The fourth-order valence-corrected chi connectivity index (χ4v) is 2.59. The number of carbonyl (C=O) groups excluding carboxylic acids is 1. The number of nitrogens with zero attached hydrogens (tertiary/aromatic N) is 2. The Morgan fingerprint density at radius 1 is 1.45 bits per heavy atom. The van der Waals surface area contributed by atoms with Crippen molar-refractivity contribution in [2.24, 2.45) is 0 Å². The lowest BCUT2D eigenvalue weighted by Gasteiger charge is -2.19. The van der Waals surface area contributed by atoms with Crippen molar-refractivity contribution in [2.75, 3.05) is 25.5 Å². The van der Waals surface area contributed by atoms with Crippen LogP contribution in [0.15, 0.2) is 12.1 Å². The maximum atomic E-state index is 13.6. The van der Waals surface area contributed by atoms with E-state index < -0.39 is 23.2 Å². The molecule has 1 aromatic rings. The number of urea groups is 1. The fourth-order valence-electron chi connectivity index (χ4n) is 2.59. The lowest BCUT2D eigenvalue weighted by atomic mass is 10.1. The number of carbonyl (C=O) groups is 1. The first-order valence-electron chi connectivity index (χ1n) is 7.15. The van der Waals surface area contributed by atoms with Gasteiger partial charge in [-0.15, -0.1) is 0 Å². The monoisotopic (exact) mass is 308 g/mol. The summed E-state index contributed by atoms with van der Waals surface area (Å²) in [5.41, 5.74) is -0.681. The molecule has 2 amide bonds. The minimum absolute atomic E-state index is 0.285. The van der Waals surface area contributed by atoms with Crippen LogP contribution in [0.5, 0.6) is 0 Å². The summed E-state index contributed by atoms with van der Waals surface area (Å²) in [5, 5.41) is 13.5. The highest BCUT2D eigenvalue weighted by atomic mass is 19.1. The van der Waals surface area contributed by atoms with Crippen LogP contribution in [-0.4, -0.2) is 37.1 Å². The molecular weight excluding hydrogens is 290 g/mol. The molecule has 1 aliphatic heterocycles. The number of benzene rings is 1. The van der Waals surface area contributed by atoms with Gasteiger partial charge in [0.2, 0.25) is 0 Å². The van der Waals surface area contributed by atoms with Crippen LogP contribution < -0.4 is 10.6 Å². The normalized spacial score (nSPS) is 18.0. The Labute approximate surface area is 127 Å². The number of rotatable bonds is 4. The zero-order valence-corrected chi connectivity index (χ0v) is 12.3. The lowest BCUT2D eigenvalue weighted by Crippen LogP contribution is -2.34. The quantitative estimate of drug-likeness (QED) is 0.897. The number of anilines is 1. The average molecular weight is 308 g/mol. The SMILES string of the molecule is CN1CCC[C@@H]1CCNC(=O)Nc1cc(F)c(C#N)cc1F. The van der Waals surface area contributed by atoms with Crippen LogP contribution in [-0.2, 0) is 0 Å². The first-order valence-corrected chi connectivity index (χ1v) is 7.15. The fraction of sp³-hybridized carbons (Fsp3) is 0.467. The molecule has 0 aliphatic carbocycles. The summed E-state index contributed by atoms with van der Waals surface area (Å²) in [6, 6.07) is 2.96. The van der Waals surface area contributed by atoms with Crippen molar-refractivity contribution in [1.29, 1.82) is 5.26 Å². The molecule has 118 valence electrons. The Kier molecular flexibility index (Phi) is 5.28. The van der Waals surface area contributed by atoms with Crippen LogP contribution >= 0.6 is 0 Å². The number of nitrogens with one attached hydrogen (secondary N) is 2. The largest absolute Gasteiger partial charge is 0.338 e. The predicted octanol–water partition coefficient (Wildman–Crippen LogP) is 2.44. The van der Waals surface area contributed by atoms with E-state index in [1.54, 1.807) is 0 Å².